The average Bonchev–Trinajstić information content (AvgIpc) is 3.72. The van der Waals surface area contributed by atoms with Crippen LogP contribution in [-0.4, -0.2) is 5.43 Å². The zero-order chi connectivity index (χ0) is 33.2. The third kappa shape index (κ3) is 8.86. The van der Waals surface area contributed by atoms with Gasteiger partial charge in [-0.3, -0.25) is 0 Å². The van der Waals surface area contributed by atoms with Crippen molar-refractivity contribution >= 4 is 5.43 Å². The smallest absolute Gasteiger partial charge is 1.00 e. The summed E-state index contributed by atoms with van der Waals surface area (Å²) in [4.78, 5) is 0. The minimum absolute atomic E-state index is 0. The Hall–Kier alpha value is -2.22. The van der Waals surface area contributed by atoms with Gasteiger partial charge in [0, 0.05) is 10.8 Å². The van der Waals surface area contributed by atoms with Crippen molar-refractivity contribution in [3.8, 4) is 0 Å². The third-order valence-electron chi connectivity index (χ3n) is 11.1. The van der Waals surface area contributed by atoms with Crippen LogP contribution in [0.5, 0.6) is 0 Å². The van der Waals surface area contributed by atoms with Gasteiger partial charge >= 0.3 is 41.9 Å². The van der Waals surface area contributed by atoms with Gasteiger partial charge in [-0.2, -0.15) is 0 Å². The van der Waals surface area contributed by atoms with E-state index in [1.165, 1.54) is 86.5 Å². The van der Waals surface area contributed by atoms with Crippen molar-refractivity contribution in [2.75, 3.05) is 0 Å². The molecule has 2 unspecified atom stereocenters. The van der Waals surface area contributed by atoms with Gasteiger partial charge in [0.1, 0.15) is 0 Å². The summed E-state index contributed by atoms with van der Waals surface area (Å²) in [7, 11) is 0. The van der Waals surface area contributed by atoms with Crippen molar-refractivity contribution in [1.82, 2.24) is 0 Å². The summed E-state index contributed by atoms with van der Waals surface area (Å²) in [5, 5.41) is 0. The SMILES string of the molecule is C1=C2[CH-]CCC2C(c2ccccc2)(c2ccccc2)CCC1.C1=C2[CH-]CCC2C(c2ccccc2)(c2ccccc2)CCC1.C[Si](C)=[Zr+2].[Cl-].[Cl-]. The first-order valence-corrected chi connectivity index (χ1v) is 24.5. The van der Waals surface area contributed by atoms with E-state index < -0.39 is 0 Å². The average molecular weight is 795 g/mol. The van der Waals surface area contributed by atoms with Crippen LogP contribution in [0, 0.1) is 24.7 Å². The van der Waals surface area contributed by atoms with Gasteiger partial charge < -0.3 is 24.8 Å². The first kappa shape index (κ1) is 40.5. The Morgan fingerprint density at radius 1 is 0.520 bits per heavy atom. The molecule has 4 aliphatic carbocycles. The Balaban J connectivity index is 0.000000196. The maximum atomic E-state index is 2.51. The van der Waals surface area contributed by atoms with E-state index in [2.05, 4.69) is 159 Å². The molecule has 4 aliphatic rings. The second-order valence-electron chi connectivity index (χ2n) is 14.3. The van der Waals surface area contributed by atoms with Crippen molar-refractivity contribution in [2.24, 2.45) is 11.8 Å². The van der Waals surface area contributed by atoms with Crippen molar-refractivity contribution in [3.63, 3.8) is 0 Å². The number of hydrogen-bond donors (Lipinski definition) is 0. The molecule has 0 spiro atoms. The molecule has 50 heavy (non-hydrogen) atoms. The van der Waals surface area contributed by atoms with Gasteiger partial charge in [-0.25, -0.2) is 36.1 Å². The maximum Gasteiger partial charge on any atom is -1.00 e. The minimum Gasteiger partial charge on any atom is -1.00 e. The number of rotatable bonds is 4. The Labute approximate surface area is 330 Å². The minimum atomic E-state index is 0. The fraction of sp³-hybridized carbons (Fsp3) is 0.348. The van der Waals surface area contributed by atoms with Crippen LogP contribution in [0.1, 0.15) is 86.5 Å². The number of fused-ring (bicyclic) bond motifs is 2. The predicted molar refractivity (Wildman–Crippen MR) is 203 cm³/mol. The van der Waals surface area contributed by atoms with Gasteiger partial charge in [0.05, 0.1) is 0 Å². The summed E-state index contributed by atoms with van der Waals surface area (Å²) in [6, 6.07) is 44.9. The van der Waals surface area contributed by atoms with Crippen molar-refractivity contribution in [3.05, 3.63) is 180 Å². The van der Waals surface area contributed by atoms with Crippen LogP contribution in [0.25, 0.3) is 0 Å². The van der Waals surface area contributed by atoms with Gasteiger partial charge in [0.15, 0.2) is 0 Å². The second-order valence-corrected chi connectivity index (χ2v) is 23.6. The molecule has 4 heteroatoms. The molecule has 0 radical (unpaired) electrons. The van der Waals surface area contributed by atoms with Crippen molar-refractivity contribution in [2.45, 2.75) is 88.1 Å². The predicted octanol–water partition coefficient (Wildman–Crippen LogP) is 6.19. The summed E-state index contributed by atoms with van der Waals surface area (Å²) < 4.78 is 0. The molecule has 0 saturated heterocycles. The van der Waals surface area contributed by atoms with E-state index in [-0.39, 0.29) is 41.1 Å². The van der Waals surface area contributed by atoms with Crippen LogP contribution >= 0.6 is 0 Å². The van der Waals surface area contributed by atoms with Gasteiger partial charge in [-0.1, -0.05) is 147 Å². The molecule has 0 nitrogen and oxygen atoms in total. The summed E-state index contributed by atoms with van der Waals surface area (Å²) in [5.41, 5.74) is 9.69. The molecule has 0 aliphatic heterocycles. The normalized spacial score (nSPS) is 20.9. The molecular weight excluding hydrogens is 743 g/mol. The standard InChI is InChI=1S/2C22H23.C2H6Si.2ClH.Zr/c2*1-3-12-19(13-4-1)22(20-14-5-2-6-15-20)17-8-7-10-18-11-9-16-21(18)22;1-3-2;;;/h2*1-6,10-15,21H,7-9,16-17H2;1-2H3;2*1H;/q2*-1;;;;+2/p-2. The van der Waals surface area contributed by atoms with E-state index >= 15 is 0 Å². The van der Waals surface area contributed by atoms with E-state index in [1.54, 1.807) is 34.5 Å². The van der Waals surface area contributed by atoms with Crippen LogP contribution in [0.15, 0.2) is 145 Å². The topological polar surface area (TPSA) is 0 Å². The number of benzene rings is 4. The summed E-state index contributed by atoms with van der Waals surface area (Å²) in [6.45, 7) is 4.62. The Kier molecular flexibility index (Phi) is 15.9. The molecule has 2 atom stereocenters. The second kappa shape index (κ2) is 19.6. The van der Waals surface area contributed by atoms with E-state index in [9.17, 15) is 0 Å². The van der Waals surface area contributed by atoms with Crippen LogP contribution in [0.2, 0.25) is 13.1 Å². The Morgan fingerprint density at radius 2 is 0.800 bits per heavy atom. The first-order chi connectivity index (χ1) is 23.6. The quantitative estimate of drug-likeness (QED) is 0.171. The van der Waals surface area contributed by atoms with Gasteiger partial charge in [0.2, 0.25) is 0 Å². The zero-order valence-electron chi connectivity index (χ0n) is 29.8. The fourth-order valence-corrected chi connectivity index (χ4v) is 9.27. The molecule has 0 N–H and O–H groups in total. The first-order valence-electron chi connectivity index (χ1n) is 18.4. The number of hydrogen-bond acceptors (Lipinski definition) is 0. The molecule has 260 valence electrons. The maximum absolute atomic E-state index is 2.51. The van der Waals surface area contributed by atoms with Crippen molar-refractivity contribution < 1.29 is 48.1 Å². The van der Waals surface area contributed by atoms with Crippen LogP contribution in [0.4, 0.5) is 0 Å². The fourth-order valence-electron chi connectivity index (χ4n) is 9.27. The molecule has 0 amide bonds. The van der Waals surface area contributed by atoms with E-state index in [0.717, 1.165) is 0 Å². The Bertz CT molecular complexity index is 1460. The molecule has 4 aromatic carbocycles. The van der Waals surface area contributed by atoms with Gasteiger partial charge in [0.25, 0.3) is 0 Å². The van der Waals surface area contributed by atoms with Crippen LogP contribution in [0.3, 0.4) is 0 Å². The molecule has 0 bridgehead atoms. The van der Waals surface area contributed by atoms with Gasteiger partial charge in [-0.05, 0) is 46.9 Å². The number of halogens is 2. The molecular formula is C46H52Cl2SiZr-2. The number of allylic oxidation sites excluding steroid dienone is 4. The van der Waals surface area contributed by atoms with E-state index in [4.69, 9.17) is 0 Å². The monoisotopic (exact) mass is 792 g/mol. The summed E-state index contributed by atoms with van der Waals surface area (Å²) >= 11 is 1.74. The Morgan fingerprint density at radius 3 is 1.08 bits per heavy atom. The van der Waals surface area contributed by atoms with Crippen LogP contribution < -0.4 is 24.8 Å². The van der Waals surface area contributed by atoms with Crippen LogP contribution in [-0.2, 0) is 34.2 Å². The summed E-state index contributed by atoms with van der Waals surface area (Å²) in [6.07, 6.45) is 22.5. The molecule has 2 fully saturated rings. The van der Waals surface area contributed by atoms with Gasteiger partial charge in [-0.15, -0.1) is 25.7 Å². The summed E-state index contributed by atoms with van der Waals surface area (Å²) in [5.74, 6) is 1.28. The van der Waals surface area contributed by atoms with Crippen molar-refractivity contribution in [1.29, 1.82) is 0 Å². The van der Waals surface area contributed by atoms with E-state index in [0.29, 0.717) is 11.8 Å². The molecule has 4 aromatic rings. The molecule has 8 rings (SSSR count). The van der Waals surface area contributed by atoms with E-state index in [1.807, 2.05) is 0 Å². The molecule has 0 aromatic heterocycles. The third-order valence-corrected chi connectivity index (χ3v) is 11.1. The molecule has 0 heterocycles. The largest absolute Gasteiger partial charge is 1.00 e. The molecule has 2 saturated carbocycles. The zero-order valence-corrected chi connectivity index (χ0v) is 34.8.